The Balaban J connectivity index is 1.72. The van der Waals surface area contributed by atoms with E-state index in [-0.39, 0.29) is 18.9 Å². The molecule has 8 heteroatoms. The summed E-state index contributed by atoms with van der Waals surface area (Å²) in [6.07, 6.45) is 0. The van der Waals surface area contributed by atoms with Gasteiger partial charge in [0.1, 0.15) is 18.1 Å². The summed E-state index contributed by atoms with van der Waals surface area (Å²) in [5.74, 6) is -1.30. The van der Waals surface area contributed by atoms with E-state index in [0.717, 1.165) is 5.56 Å². The minimum absolute atomic E-state index is 0.255. The molecule has 0 saturated carbocycles. The van der Waals surface area contributed by atoms with Crippen LogP contribution in [0.15, 0.2) is 48.5 Å². The second-order valence-electron chi connectivity index (χ2n) is 6.18. The van der Waals surface area contributed by atoms with Gasteiger partial charge in [0.15, 0.2) is 6.61 Å². The summed E-state index contributed by atoms with van der Waals surface area (Å²) >= 11 is 0. The van der Waals surface area contributed by atoms with Gasteiger partial charge >= 0.3 is 5.97 Å². The molecule has 0 spiro atoms. The Bertz CT molecular complexity index is 837. The molecule has 2 rings (SSSR count). The molecule has 0 aliphatic heterocycles. The zero-order valence-electron chi connectivity index (χ0n) is 16.3. The van der Waals surface area contributed by atoms with Gasteiger partial charge in [0, 0.05) is 19.2 Å². The molecule has 0 bridgehead atoms. The third-order valence-corrected chi connectivity index (χ3v) is 3.94. The normalized spacial score (nSPS) is 10.2. The lowest BCUT2D eigenvalue weighted by Crippen LogP contribution is -2.34. The second-order valence-corrected chi connectivity index (χ2v) is 6.18. The third kappa shape index (κ3) is 7.25. The first-order valence-electron chi connectivity index (χ1n) is 9.04. The highest BCUT2D eigenvalue weighted by Gasteiger charge is 2.14. The van der Waals surface area contributed by atoms with Crippen molar-refractivity contribution in [1.29, 1.82) is 0 Å². The maximum atomic E-state index is 12.9. The first-order valence-corrected chi connectivity index (χ1v) is 9.04. The Morgan fingerprint density at radius 3 is 2.31 bits per heavy atom. The number of carbonyl (C=O) groups is 3. The number of nitrogens with one attached hydrogen (secondary N) is 1. The molecule has 0 aliphatic rings. The van der Waals surface area contributed by atoms with E-state index in [1.165, 1.54) is 17.0 Å². The van der Waals surface area contributed by atoms with Crippen molar-refractivity contribution in [1.82, 2.24) is 10.2 Å². The zero-order valence-corrected chi connectivity index (χ0v) is 16.3. The molecule has 0 unspecified atom stereocenters. The van der Waals surface area contributed by atoms with E-state index in [1.54, 1.807) is 43.4 Å². The number of hydrogen-bond acceptors (Lipinski definition) is 5. The molecule has 0 aliphatic carbocycles. The number of rotatable bonds is 9. The molecule has 2 amide bonds. The maximum Gasteiger partial charge on any atom is 0.325 e. The first-order chi connectivity index (χ1) is 13.9. The van der Waals surface area contributed by atoms with Gasteiger partial charge in [-0.3, -0.25) is 14.4 Å². The number of benzene rings is 2. The highest BCUT2D eigenvalue weighted by atomic mass is 19.1. The quantitative estimate of drug-likeness (QED) is 0.650. The van der Waals surface area contributed by atoms with Gasteiger partial charge in [0.2, 0.25) is 0 Å². The number of halogens is 1. The second kappa shape index (κ2) is 10.8. The monoisotopic (exact) mass is 402 g/mol. The lowest BCUT2D eigenvalue weighted by Gasteiger charge is -2.17. The van der Waals surface area contributed by atoms with Crippen molar-refractivity contribution >= 4 is 17.8 Å². The predicted molar refractivity (Wildman–Crippen MR) is 104 cm³/mol. The van der Waals surface area contributed by atoms with E-state index in [4.69, 9.17) is 9.47 Å². The topological polar surface area (TPSA) is 84.9 Å². The van der Waals surface area contributed by atoms with E-state index in [0.29, 0.717) is 17.9 Å². The summed E-state index contributed by atoms with van der Waals surface area (Å²) in [7, 11) is 1.55. The van der Waals surface area contributed by atoms with Crippen LogP contribution in [0.3, 0.4) is 0 Å². The Morgan fingerprint density at radius 2 is 1.69 bits per heavy atom. The number of ether oxygens (including phenoxy) is 2. The Hall–Kier alpha value is -3.42. The summed E-state index contributed by atoms with van der Waals surface area (Å²) in [4.78, 5) is 37.2. The molecule has 0 fully saturated rings. The van der Waals surface area contributed by atoms with Crippen molar-refractivity contribution < 1.29 is 28.2 Å². The van der Waals surface area contributed by atoms with Crippen molar-refractivity contribution in [2.24, 2.45) is 0 Å². The van der Waals surface area contributed by atoms with Gasteiger partial charge in [-0.25, -0.2) is 4.39 Å². The summed E-state index contributed by atoms with van der Waals surface area (Å²) in [6.45, 7) is 1.83. The molecule has 0 aromatic heterocycles. The van der Waals surface area contributed by atoms with Gasteiger partial charge in [-0.1, -0.05) is 12.1 Å². The number of carbonyl (C=O) groups excluding carboxylic acids is 3. The number of likely N-dealkylation sites (N-methyl/N-ethyl adjacent to an activating group) is 1. The minimum Gasteiger partial charge on any atom is -0.494 e. The number of hydrogen-bond donors (Lipinski definition) is 1. The highest BCUT2D eigenvalue weighted by molar-refractivity contribution is 5.96. The van der Waals surface area contributed by atoms with E-state index in [1.807, 2.05) is 6.92 Å². The van der Waals surface area contributed by atoms with E-state index in [2.05, 4.69) is 5.32 Å². The fraction of sp³-hybridized carbons (Fsp3) is 0.286. The van der Waals surface area contributed by atoms with Crippen LogP contribution in [-0.2, 0) is 20.9 Å². The molecule has 0 radical (unpaired) electrons. The minimum atomic E-state index is -0.729. The molecule has 7 nitrogen and oxygen atoms in total. The van der Waals surface area contributed by atoms with Crippen LogP contribution in [0.2, 0.25) is 0 Å². The standard InChI is InChI=1S/C21H23FN2O5/c1-3-28-18-10-6-16(7-11-18)21(27)23-12-20(26)29-14-19(25)24(2)13-15-4-8-17(22)9-5-15/h4-11H,3,12-14H2,1-2H3,(H,23,27). The van der Waals surface area contributed by atoms with Crippen LogP contribution < -0.4 is 10.1 Å². The first kappa shape index (κ1) is 21.9. The summed E-state index contributed by atoms with van der Waals surface area (Å²) < 4.78 is 23.1. The van der Waals surface area contributed by atoms with Gasteiger partial charge in [0.05, 0.1) is 6.61 Å². The SMILES string of the molecule is CCOc1ccc(C(=O)NCC(=O)OCC(=O)N(C)Cc2ccc(F)cc2)cc1. The molecule has 154 valence electrons. The maximum absolute atomic E-state index is 12.9. The van der Waals surface area contributed by atoms with Crippen LogP contribution in [0.1, 0.15) is 22.8 Å². The Morgan fingerprint density at radius 1 is 1.03 bits per heavy atom. The van der Waals surface area contributed by atoms with Crippen LogP contribution in [0.4, 0.5) is 4.39 Å². The molecule has 0 saturated heterocycles. The molecule has 2 aromatic rings. The van der Waals surface area contributed by atoms with Crippen molar-refractivity contribution in [3.63, 3.8) is 0 Å². The molecule has 0 heterocycles. The average molecular weight is 402 g/mol. The third-order valence-electron chi connectivity index (χ3n) is 3.94. The average Bonchev–Trinajstić information content (AvgIpc) is 2.72. The van der Waals surface area contributed by atoms with Gasteiger partial charge in [-0.15, -0.1) is 0 Å². The lowest BCUT2D eigenvalue weighted by atomic mass is 10.2. The number of esters is 1. The molecule has 2 aromatic carbocycles. The van der Waals surface area contributed by atoms with Crippen molar-refractivity contribution in [2.75, 3.05) is 26.8 Å². The lowest BCUT2D eigenvalue weighted by molar-refractivity contribution is -0.150. The summed E-state index contributed by atoms with van der Waals surface area (Å²) in [6, 6.07) is 12.2. The summed E-state index contributed by atoms with van der Waals surface area (Å²) in [5.41, 5.74) is 1.12. The molecular formula is C21H23FN2O5. The van der Waals surface area contributed by atoms with Gasteiger partial charge in [0.25, 0.3) is 11.8 Å². The fourth-order valence-electron chi connectivity index (χ4n) is 2.38. The molecule has 29 heavy (non-hydrogen) atoms. The molecule has 0 atom stereocenters. The molecular weight excluding hydrogens is 379 g/mol. The number of nitrogens with zero attached hydrogens (tertiary/aromatic N) is 1. The van der Waals surface area contributed by atoms with Crippen LogP contribution in [0.25, 0.3) is 0 Å². The highest BCUT2D eigenvalue weighted by Crippen LogP contribution is 2.12. The largest absolute Gasteiger partial charge is 0.494 e. The fourth-order valence-corrected chi connectivity index (χ4v) is 2.38. The number of amides is 2. The van der Waals surface area contributed by atoms with E-state index < -0.39 is 24.4 Å². The van der Waals surface area contributed by atoms with Crippen LogP contribution in [-0.4, -0.2) is 49.5 Å². The zero-order chi connectivity index (χ0) is 21.2. The van der Waals surface area contributed by atoms with Crippen molar-refractivity contribution in [3.05, 3.63) is 65.5 Å². The molecule has 1 N–H and O–H groups in total. The van der Waals surface area contributed by atoms with Crippen LogP contribution in [0, 0.1) is 5.82 Å². The van der Waals surface area contributed by atoms with E-state index >= 15 is 0 Å². The van der Waals surface area contributed by atoms with Crippen molar-refractivity contribution in [3.8, 4) is 5.75 Å². The summed E-state index contributed by atoms with van der Waals surface area (Å²) in [5, 5.41) is 2.43. The van der Waals surface area contributed by atoms with Crippen molar-refractivity contribution in [2.45, 2.75) is 13.5 Å². The van der Waals surface area contributed by atoms with Gasteiger partial charge in [-0.2, -0.15) is 0 Å². The van der Waals surface area contributed by atoms with E-state index in [9.17, 15) is 18.8 Å². The van der Waals surface area contributed by atoms with Crippen LogP contribution in [0.5, 0.6) is 5.75 Å². The van der Waals surface area contributed by atoms with Gasteiger partial charge < -0.3 is 19.7 Å². The predicted octanol–water partition coefficient (Wildman–Crippen LogP) is 2.16. The van der Waals surface area contributed by atoms with Crippen LogP contribution >= 0.6 is 0 Å². The Kier molecular flexibility index (Phi) is 8.14. The smallest absolute Gasteiger partial charge is 0.325 e. The Labute approximate surface area is 168 Å². The van der Waals surface area contributed by atoms with Gasteiger partial charge in [-0.05, 0) is 48.9 Å².